The van der Waals surface area contributed by atoms with E-state index >= 15 is 0 Å². The summed E-state index contributed by atoms with van der Waals surface area (Å²) in [5.74, 6) is -4.11. The average molecular weight is 581 g/mol. The molecule has 0 aromatic heterocycles. The van der Waals surface area contributed by atoms with E-state index < -0.39 is 86.6 Å². The van der Waals surface area contributed by atoms with Gasteiger partial charge in [-0.25, -0.2) is 9.59 Å². The van der Waals surface area contributed by atoms with Crippen molar-refractivity contribution in [1.82, 2.24) is 0 Å². The summed E-state index contributed by atoms with van der Waals surface area (Å²) in [5, 5.41) is 62.5. The van der Waals surface area contributed by atoms with Gasteiger partial charge in [0.15, 0.2) is 6.29 Å². The molecule has 2 aromatic carbocycles. The summed E-state index contributed by atoms with van der Waals surface area (Å²) in [5.41, 5.74) is 11.9. The number of hydrogen-bond acceptors (Lipinski definition) is 15. The molecule has 2 saturated heterocycles. The molecule has 10 N–H and O–H groups in total. The third kappa shape index (κ3) is 6.28. The van der Waals surface area contributed by atoms with Gasteiger partial charge in [0.1, 0.15) is 62.5 Å². The lowest BCUT2D eigenvalue weighted by Gasteiger charge is -2.43. The molecule has 2 heterocycles. The minimum Gasteiger partial charge on any atom is -0.459 e. The van der Waals surface area contributed by atoms with Gasteiger partial charge in [0.25, 0.3) is 0 Å². The fourth-order valence-electron chi connectivity index (χ4n) is 4.44. The number of benzene rings is 2. The Hall–Kier alpha value is -3.38. The van der Waals surface area contributed by atoms with E-state index in [1.54, 1.807) is 24.3 Å². The lowest BCUT2D eigenvalue weighted by molar-refractivity contribution is -0.383. The summed E-state index contributed by atoms with van der Waals surface area (Å²) in [6, 6.07) is 12.1. The van der Waals surface area contributed by atoms with E-state index in [1.807, 2.05) is 0 Å². The molecule has 9 atom stereocenters. The molecule has 0 aliphatic carbocycles. The standard InChI is InChI=1S/C26H32N2O13/c27-14-7-3-1-5-12(14)23(35)37-9-16-18(30)20(32)21(33)25(39-16)41-26(11-29)22(34)19(31)17(40-26)10-38-24(36)13-6-2-4-8-15(13)28/h1-8,16-22,25,29-34H,9-11,27-28H2. The minimum atomic E-state index is -2.42. The highest BCUT2D eigenvalue weighted by Crippen LogP contribution is 2.36. The topological polar surface area (TPSA) is 254 Å². The van der Waals surface area contributed by atoms with Gasteiger partial charge in [-0.15, -0.1) is 0 Å². The number of esters is 2. The quantitative estimate of drug-likeness (QED) is 0.113. The van der Waals surface area contributed by atoms with Crippen LogP contribution in [-0.2, 0) is 23.7 Å². The zero-order chi connectivity index (χ0) is 29.9. The molecule has 0 amide bonds. The second-order valence-electron chi connectivity index (χ2n) is 9.57. The molecule has 224 valence electrons. The van der Waals surface area contributed by atoms with Gasteiger partial charge >= 0.3 is 11.9 Å². The van der Waals surface area contributed by atoms with Gasteiger partial charge in [-0.05, 0) is 24.3 Å². The van der Waals surface area contributed by atoms with Crippen LogP contribution in [0.3, 0.4) is 0 Å². The number of rotatable bonds is 9. The highest BCUT2D eigenvalue weighted by atomic mass is 16.8. The predicted octanol–water partition coefficient (Wildman–Crippen LogP) is -2.50. The predicted molar refractivity (Wildman–Crippen MR) is 137 cm³/mol. The SMILES string of the molecule is Nc1ccccc1C(=O)OCC1OC(OC2(CO)OC(COC(=O)c3ccccc3N)C(O)C2O)C(O)C(O)C1O. The summed E-state index contributed by atoms with van der Waals surface area (Å²) in [6.45, 7) is -2.29. The van der Waals surface area contributed by atoms with Crippen molar-refractivity contribution in [1.29, 1.82) is 0 Å². The molecule has 15 heteroatoms. The number of nitrogen functional groups attached to an aromatic ring is 2. The molecule has 9 unspecified atom stereocenters. The number of carbonyl (C=O) groups excluding carboxylic acids is 2. The summed E-state index contributed by atoms with van der Waals surface area (Å²) in [4.78, 5) is 24.8. The van der Waals surface area contributed by atoms with Crippen LogP contribution in [0, 0.1) is 0 Å². The van der Waals surface area contributed by atoms with E-state index in [-0.39, 0.29) is 22.5 Å². The maximum absolute atomic E-state index is 12.4. The fraction of sp³-hybridized carbons (Fsp3) is 0.462. The Bertz CT molecular complexity index is 1230. The maximum atomic E-state index is 12.4. The van der Waals surface area contributed by atoms with Gasteiger partial charge in [-0.2, -0.15) is 0 Å². The van der Waals surface area contributed by atoms with Crippen molar-refractivity contribution < 1.29 is 63.9 Å². The van der Waals surface area contributed by atoms with Crippen LogP contribution in [0.4, 0.5) is 11.4 Å². The molecule has 0 saturated carbocycles. The molecular formula is C26H32N2O13. The molecule has 0 radical (unpaired) electrons. The Morgan fingerprint density at radius 1 is 0.756 bits per heavy atom. The normalized spacial score (nSPS) is 33.3. The first-order valence-electron chi connectivity index (χ1n) is 12.5. The van der Waals surface area contributed by atoms with Crippen molar-refractivity contribution in [2.45, 2.75) is 54.8 Å². The summed E-state index contributed by atoms with van der Waals surface area (Å²) < 4.78 is 26.9. The van der Waals surface area contributed by atoms with E-state index in [1.165, 1.54) is 24.3 Å². The Kier molecular flexibility index (Phi) is 9.43. The van der Waals surface area contributed by atoms with Crippen LogP contribution >= 0.6 is 0 Å². The lowest BCUT2D eigenvalue weighted by Crippen LogP contribution is -2.62. The molecule has 2 aromatic rings. The van der Waals surface area contributed by atoms with Crippen molar-refractivity contribution in [2.24, 2.45) is 0 Å². The number of para-hydroxylation sites is 2. The van der Waals surface area contributed by atoms with E-state index in [4.69, 9.17) is 35.2 Å². The van der Waals surface area contributed by atoms with Crippen LogP contribution in [-0.4, -0.2) is 117 Å². The van der Waals surface area contributed by atoms with Gasteiger partial charge in [0, 0.05) is 11.4 Å². The summed E-state index contributed by atoms with van der Waals surface area (Å²) >= 11 is 0. The average Bonchev–Trinajstić information content (AvgIpc) is 3.20. The Morgan fingerprint density at radius 2 is 1.27 bits per heavy atom. The maximum Gasteiger partial charge on any atom is 0.340 e. The van der Waals surface area contributed by atoms with E-state index in [0.717, 1.165) is 0 Å². The highest BCUT2D eigenvalue weighted by Gasteiger charge is 2.58. The first-order chi connectivity index (χ1) is 19.5. The smallest absolute Gasteiger partial charge is 0.340 e. The first kappa shape index (κ1) is 30.6. The van der Waals surface area contributed by atoms with Crippen molar-refractivity contribution in [3.8, 4) is 0 Å². The number of aliphatic hydroxyl groups excluding tert-OH is 6. The fourth-order valence-corrected chi connectivity index (χ4v) is 4.44. The highest BCUT2D eigenvalue weighted by molar-refractivity contribution is 5.95. The Balaban J connectivity index is 1.42. The molecule has 2 aliphatic heterocycles. The Morgan fingerprint density at radius 3 is 1.78 bits per heavy atom. The molecular weight excluding hydrogens is 548 g/mol. The van der Waals surface area contributed by atoms with Gasteiger partial charge in [-0.3, -0.25) is 0 Å². The molecule has 4 rings (SSSR count). The zero-order valence-corrected chi connectivity index (χ0v) is 21.6. The van der Waals surface area contributed by atoms with E-state index in [0.29, 0.717) is 0 Å². The summed E-state index contributed by atoms with van der Waals surface area (Å²) in [7, 11) is 0. The van der Waals surface area contributed by atoms with Crippen LogP contribution in [0.1, 0.15) is 20.7 Å². The second-order valence-corrected chi connectivity index (χ2v) is 9.57. The number of ether oxygens (including phenoxy) is 5. The molecule has 15 nitrogen and oxygen atoms in total. The third-order valence-electron chi connectivity index (χ3n) is 6.83. The lowest BCUT2D eigenvalue weighted by atomic mass is 9.99. The second kappa shape index (κ2) is 12.6. The zero-order valence-electron chi connectivity index (χ0n) is 21.6. The molecule has 2 aliphatic rings. The number of anilines is 2. The van der Waals surface area contributed by atoms with Crippen LogP contribution < -0.4 is 11.5 Å². The Labute approximate surface area is 233 Å². The minimum absolute atomic E-state index is 0.0450. The van der Waals surface area contributed by atoms with Crippen LogP contribution in [0.25, 0.3) is 0 Å². The van der Waals surface area contributed by atoms with Crippen LogP contribution in [0.2, 0.25) is 0 Å². The molecule has 2 fully saturated rings. The third-order valence-corrected chi connectivity index (χ3v) is 6.83. The van der Waals surface area contributed by atoms with Crippen molar-refractivity contribution in [3.63, 3.8) is 0 Å². The van der Waals surface area contributed by atoms with Gasteiger partial charge < -0.3 is 65.8 Å². The molecule has 0 spiro atoms. The monoisotopic (exact) mass is 580 g/mol. The van der Waals surface area contributed by atoms with Gasteiger partial charge in [-0.1, -0.05) is 24.3 Å². The molecule has 41 heavy (non-hydrogen) atoms. The van der Waals surface area contributed by atoms with E-state index in [2.05, 4.69) is 0 Å². The number of aliphatic hydroxyl groups is 6. The summed E-state index contributed by atoms with van der Waals surface area (Å²) in [6.07, 6.45) is -14.0. The number of carbonyl (C=O) groups is 2. The van der Waals surface area contributed by atoms with Crippen molar-refractivity contribution in [2.75, 3.05) is 31.3 Å². The van der Waals surface area contributed by atoms with Crippen molar-refractivity contribution >= 4 is 23.3 Å². The van der Waals surface area contributed by atoms with Crippen LogP contribution in [0.5, 0.6) is 0 Å². The van der Waals surface area contributed by atoms with Gasteiger partial charge in [0.05, 0.1) is 11.1 Å². The van der Waals surface area contributed by atoms with Gasteiger partial charge in [0.2, 0.25) is 5.79 Å². The number of hydrogen-bond donors (Lipinski definition) is 8. The number of nitrogens with two attached hydrogens (primary N) is 2. The first-order valence-corrected chi connectivity index (χ1v) is 12.5. The van der Waals surface area contributed by atoms with Crippen molar-refractivity contribution in [3.05, 3.63) is 59.7 Å². The van der Waals surface area contributed by atoms with E-state index in [9.17, 15) is 40.2 Å². The van der Waals surface area contributed by atoms with Crippen LogP contribution in [0.15, 0.2) is 48.5 Å². The molecule has 0 bridgehead atoms. The largest absolute Gasteiger partial charge is 0.459 e.